The molecule has 126 valence electrons. The summed E-state index contributed by atoms with van der Waals surface area (Å²) in [6.45, 7) is 6.87. The van der Waals surface area contributed by atoms with Gasteiger partial charge in [0.2, 0.25) is 0 Å². The van der Waals surface area contributed by atoms with Crippen LogP contribution in [0.2, 0.25) is 0 Å². The fourth-order valence-electron chi connectivity index (χ4n) is 2.94. The highest BCUT2D eigenvalue weighted by Gasteiger charge is 2.43. The molecule has 1 aliphatic carbocycles. The molecule has 0 spiro atoms. The van der Waals surface area contributed by atoms with Gasteiger partial charge in [-0.25, -0.2) is 4.98 Å². The molecule has 1 aliphatic rings. The summed E-state index contributed by atoms with van der Waals surface area (Å²) < 4.78 is 5.15. The topological polar surface area (TPSA) is 59.4 Å². The summed E-state index contributed by atoms with van der Waals surface area (Å²) in [5, 5.41) is 12.0. The molecule has 1 aromatic heterocycles. The number of halogens is 1. The number of aliphatic hydroxyl groups is 1. The van der Waals surface area contributed by atoms with Crippen LogP contribution in [0.3, 0.4) is 0 Å². The van der Waals surface area contributed by atoms with Gasteiger partial charge in [-0.15, -0.1) is 11.3 Å². The van der Waals surface area contributed by atoms with Crippen LogP contribution in [0.1, 0.15) is 57.9 Å². The monoisotopic (exact) mass is 391 g/mol. The van der Waals surface area contributed by atoms with E-state index in [2.05, 4.69) is 39.5 Å². The van der Waals surface area contributed by atoms with Crippen LogP contribution in [0.15, 0.2) is 9.98 Å². The summed E-state index contributed by atoms with van der Waals surface area (Å²) in [5.74, 6) is 0.581. The highest BCUT2D eigenvalue weighted by Crippen LogP contribution is 2.45. The van der Waals surface area contributed by atoms with E-state index < -0.39 is 5.60 Å². The van der Waals surface area contributed by atoms with Crippen molar-refractivity contribution >= 4 is 33.7 Å². The number of hydrogen-bond acceptors (Lipinski definition) is 5. The number of ether oxygens (including phenoxy) is 1. The normalized spacial score (nSPS) is 18.3. The molecule has 0 aromatic carbocycles. The molecule has 1 heterocycles. The molecule has 0 amide bonds. The Hall–Kier alpha value is -0.460. The van der Waals surface area contributed by atoms with Gasteiger partial charge < -0.3 is 9.84 Å². The van der Waals surface area contributed by atoms with Gasteiger partial charge in [-0.2, -0.15) is 0 Å². The molecular formula is C16H26BrNO3S. The van der Waals surface area contributed by atoms with Crippen molar-refractivity contribution in [2.75, 3.05) is 6.61 Å². The van der Waals surface area contributed by atoms with Crippen LogP contribution in [0.5, 0.6) is 0 Å². The van der Waals surface area contributed by atoms with Crippen LogP contribution >= 0.6 is 27.3 Å². The number of carbonyl (C=O) groups is 1. The molecule has 2 rings (SSSR count). The molecule has 22 heavy (non-hydrogen) atoms. The molecule has 1 saturated carbocycles. The summed E-state index contributed by atoms with van der Waals surface area (Å²) in [6, 6.07) is 0. The van der Waals surface area contributed by atoms with Gasteiger partial charge in [-0.1, -0.05) is 33.1 Å². The Labute approximate surface area is 145 Å². The fraction of sp³-hybridized carbons (Fsp3) is 0.750. The van der Waals surface area contributed by atoms with Crippen molar-refractivity contribution in [3.05, 3.63) is 15.0 Å². The second-order valence-corrected chi connectivity index (χ2v) is 8.25. The maximum absolute atomic E-state index is 11.1. The lowest BCUT2D eigenvalue weighted by molar-refractivity contribution is -0.128. The lowest BCUT2D eigenvalue weighted by atomic mass is 9.72. The molecular weight excluding hydrogens is 366 g/mol. The Balaban J connectivity index is 0.000000422. The minimum Gasteiger partial charge on any atom is -0.468 e. The van der Waals surface area contributed by atoms with Crippen LogP contribution < -0.4 is 0 Å². The summed E-state index contributed by atoms with van der Waals surface area (Å²) in [4.78, 5) is 13.6. The first-order valence-corrected chi connectivity index (χ1v) is 9.47. The summed E-state index contributed by atoms with van der Waals surface area (Å²) >= 11 is 5.01. The molecule has 1 unspecified atom stereocenters. The van der Waals surface area contributed by atoms with Gasteiger partial charge >= 0.3 is 0 Å². The van der Waals surface area contributed by atoms with Crippen molar-refractivity contribution in [3.63, 3.8) is 0 Å². The van der Waals surface area contributed by atoms with E-state index in [-0.39, 0.29) is 5.92 Å². The molecule has 1 atom stereocenters. The Kier molecular flexibility index (Phi) is 8.57. The number of thiazole rings is 1. The van der Waals surface area contributed by atoms with Crippen LogP contribution in [0.4, 0.5) is 0 Å². The molecule has 1 fully saturated rings. The van der Waals surface area contributed by atoms with E-state index in [0.29, 0.717) is 19.0 Å². The molecule has 6 heteroatoms. The van der Waals surface area contributed by atoms with Crippen LogP contribution in [-0.2, 0) is 15.1 Å². The van der Waals surface area contributed by atoms with E-state index >= 15 is 0 Å². The average molecular weight is 392 g/mol. The Morgan fingerprint density at radius 2 is 2.14 bits per heavy atom. The van der Waals surface area contributed by atoms with Gasteiger partial charge in [0.25, 0.3) is 6.47 Å². The van der Waals surface area contributed by atoms with Crippen LogP contribution in [-0.4, -0.2) is 23.2 Å². The number of rotatable bonds is 5. The summed E-state index contributed by atoms with van der Waals surface area (Å²) in [5.41, 5.74) is -0.739. The van der Waals surface area contributed by atoms with Crippen LogP contribution in [0.25, 0.3) is 0 Å². The SMILES string of the molecule is CC(C)C(O)(c1ncc(Br)s1)C1CCCCC1.CCOC=O. The second-order valence-electron chi connectivity index (χ2n) is 5.84. The molecule has 1 aromatic rings. The third-order valence-electron chi connectivity index (χ3n) is 4.16. The third-order valence-corrected chi connectivity index (χ3v) is 5.78. The lowest BCUT2D eigenvalue weighted by Crippen LogP contribution is -2.41. The van der Waals surface area contributed by atoms with E-state index in [4.69, 9.17) is 0 Å². The van der Waals surface area contributed by atoms with Crippen molar-refractivity contribution in [2.45, 2.75) is 58.5 Å². The van der Waals surface area contributed by atoms with Crippen molar-refractivity contribution in [1.82, 2.24) is 4.98 Å². The first kappa shape index (κ1) is 19.6. The van der Waals surface area contributed by atoms with Gasteiger partial charge in [0.1, 0.15) is 10.6 Å². The van der Waals surface area contributed by atoms with E-state index in [1.165, 1.54) is 19.3 Å². The highest BCUT2D eigenvalue weighted by atomic mass is 79.9. The molecule has 0 radical (unpaired) electrons. The minimum atomic E-state index is -0.739. The number of nitrogens with zero attached hydrogens (tertiary/aromatic N) is 1. The van der Waals surface area contributed by atoms with Crippen LogP contribution in [0, 0.1) is 11.8 Å². The van der Waals surface area contributed by atoms with E-state index in [1.807, 2.05) is 0 Å². The lowest BCUT2D eigenvalue weighted by Gasteiger charge is -2.40. The average Bonchev–Trinajstić information content (AvgIpc) is 2.95. The van der Waals surface area contributed by atoms with Gasteiger partial charge in [0.05, 0.1) is 16.6 Å². The van der Waals surface area contributed by atoms with E-state index in [0.717, 1.165) is 21.6 Å². The van der Waals surface area contributed by atoms with Crippen molar-refractivity contribution in [1.29, 1.82) is 0 Å². The van der Waals surface area contributed by atoms with Gasteiger partial charge in [-0.3, -0.25) is 4.79 Å². The summed E-state index contributed by atoms with van der Waals surface area (Å²) in [6.07, 6.45) is 7.86. The Morgan fingerprint density at radius 3 is 2.50 bits per heavy atom. The van der Waals surface area contributed by atoms with Crippen molar-refractivity contribution < 1.29 is 14.6 Å². The largest absolute Gasteiger partial charge is 0.468 e. The zero-order chi connectivity index (χ0) is 16.6. The first-order valence-electron chi connectivity index (χ1n) is 7.86. The zero-order valence-electron chi connectivity index (χ0n) is 13.5. The van der Waals surface area contributed by atoms with Crippen molar-refractivity contribution in [3.8, 4) is 0 Å². The minimum absolute atomic E-state index is 0.212. The molecule has 0 bridgehead atoms. The quantitative estimate of drug-likeness (QED) is 0.749. The van der Waals surface area contributed by atoms with Gasteiger partial charge in [-0.05, 0) is 47.5 Å². The number of hydrogen-bond donors (Lipinski definition) is 1. The molecule has 0 saturated heterocycles. The summed E-state index contributed by atoms with van der Waals surface area (Å²) in [7, 11) is 0. The van der Waals surface area contributed by atoms with E-state index in [1.54, 1.807) is 24.5 Å². The molecule has 1 N–H and O–H groups in total. The second kappa shape index (κ2) is 9.63. The van der Waals surface area contributed by atoms with Crippen molar-refractivity contribution in [2.24, 2.45) is 11.8 Å². The fourth-order valence-corrected chi connectivity index (χ4v) is 4.47. The maximum Gasteiger partial charge on any atom is 0.293 e. The number of aromatic nitrogens is 1. The first-order chi connectivity index (χ1) is 10.5. The predicted molar refractivity (Wildman–Crippen MR) is 92.8 cm³/mol. The standard InChI is InChI=1S/C13H20BrNOS.C3H6O2/c1-9(2)13(16,10-6-4-3-5-7-10)12-15-8-11(14)17-12;1-2-5-3-4/h8-10,16H,3-7H2,1-2H3;3H,2H2,1H3. The molecule has 4 nitrogen and oxygen atoms in total. The highest BCUT2D eigenvalue weighted by molar-refractivity contribution is 9.11. The van der Waals surface area contributed by atoms with Gasteiger partial charge in [0.15, 0.2) is 0 Å². The number of carbonyl (C=O) groups excluding carboxylic acids is 1. The van der Waals surface area contributed by atoms with E-state index in [9.17, 15) is 9.90 Å². The molecule has 0 aliphatic heterocycles. The van der Waals surface area contributed by atoms with Gasteiger partial charge in [0, 0.05) is 0 Å². The third kappa shape index (κ3) is 5.03. The smallest absolute Gasteiger partial charge is 0.293 e. The predicted octanol–water partition coefficient (Wildman–Crippen LogP) is 4.51. The zero-order valence-corrected chi connectivity index (χ0v) is 16.0. The Bertz CT molecular complexity index is 446. The Morgan fingerprint density at radius 1 is 1.50 bits per heavy atom. The maximum atomic E-state index is 11.1.